The number of carbonyl (C=O) groups excluding carboxylic acids is 1. The minimum atomic E-state index is -0.0977. The Balaban J connectivity index is 2.25. The first-order valence-corrected chi connectivity index (χ1v) is 7.64. The molecule has 0 amide bonds. The van der Waals surface area contributed by atoms with Gasteiger partial charge in [0.1, 0.15) is 0 Å². The average molecular weight is 412 g/mol. The molecule has 3 nitrogen and oxygen atoms in total. The largest absolute Gasteiger partial charge is 0.503 e. The Hall–Kier alpha value is -1.59. The van der Waals surface area contributed by atoms with Crippen molar-refractivity contribution in [1.29, 1.82) is 0 Å². The second-order valence-corrected chi connectivity index (χ2v) is 6.03. The third-order valence-electron chi connectivity index (χ3n) is 2.81. The van der Waals surface area contributed by atoms with Crippen LogP contribution in [0.2, 0.25) is 0 Å². The number of allylic oxidation sites excluding steroid dienone is 1. The highest BCUT2D eigenvalue weighted by Crippen LogP contribution is 2.35. The summed E-state index contributed by atoms with van der Waals surface area (Å²) in [7, 11) is 1.47. The SMILES string of the molecule is COc1cc(/C=C/C(=O)c2cccc(Br)c2)cc(Br)c1O. The number of methoxy groups -OCH3 is 1. The average Bonchev–Trinajstić information content (AvgIpc) is 2.48. The van der Waals surface area contributed by atoms with E-state index in [0.717, 1.165) is 10.0 Å². The van der Waals surface area contributed by atoms with Crippen molar-refractivity contribution in [1.82, 2.24) is 0 Å². The van der Waals surface area contributed by atoms with E-state index in [1.54, 1.807) is 30.3 Å². The number of benzene rings is 2. The number of hydrogen-bond donors (Lipinski definition) is 1. The quantitative estimate of drug-likeness (QED) is 0.579. The lowest BCUT2D eigenvalue weighted by molar-refractivity contribution is 0.104. The Bertz CT molecular complexity index is 709. The molecule has 0 saturated carbocycles. The van der Waals surface area contributed by atoms with Crippen LogP contribution in [0, 0.1) is 0 Å². The molecule has 2 rings (SSSR count). The van der Waals surface area contributed by atoms with Crippen LogP contribution >= 0.6 is 31.9 Å². The summed E-state index contributed by atoms with van der Waals surface area (Å²) in [5.41, 5.74) is 1.35. The summed E-state index contributed by atoms with van der Waals surface area (Å²) in [6, 6.07) is 10.6. The number of halogens is 2. The number of hydrogen-bond acceptors (Lipinski definition) is 3. The van der Waals surface area contributed by atoms with Crippen molar-refractivity contribution in [3.63, 3.8) is 0 Å². The van der Waals surface area contributed by atoms with Gasteiger partial charge in [0.2, 0.25) is 0 Å². The van der Waals surface area contributed by atoms with E-state index in [1.807, 2.05) is 12.1 Å². The molecular weight excluding hydrogens is 400 g/mol. The first-order chi connectivity index (χ1) is 10.0. The highest BCUT2D eigenvalue weighted by molar-refractivity contribution is 9.10. The predicted molar refractivity (Wildman–Crippen MR) is 89.9 cm³/mol. The summed E-state index contributed by atoms with van der Waals surface area (Å²) in [4.78, 5) is 12.1. The minimum Gasteiger partial charge on any atom is -0.503 e. The van der Waals surface area contributed by atoms with E-state index in [1.165, 1.54) is 13.2 Å². The van der Waals surface area contributed by atoms with Crippen LogP contribution in [-0.4, -0.2) is 18.0 Å². The van der Waals surface area contributed by atoms with Gasteiger partial charge in [-0.2, -0.15) is 0 Å². The zero-order valence-corrected chi connectivity index (χ0v) is 14.3. The smallest absolute Gasteiger partial charge is 0.185 e. The maximum Gasteiger partial charge on any atom is 0.185 e. The topological polar surface area (TPSA) is 46.5 Å². The highest BCUT2D eigenvalue weighted by Gasteiger charge is 2.08. The first kappa shape index (κ1) is 15.8. The Morgan fingerprint density at radius 1 is 1.24 bits per heavy atom. The lowest BCUT2D eigenvalue weighted by Crippen LogP contribution is -1.93. The van der Waals surface area contributed by atoms with E-state index in [4.69, 9.17) is 4.74 Å². The lowest BCUT2D eigenvalue weighted by atomic mass is 10.1. The van der Waals surface area contributed by atoms with Crippen LogP contribution in [0.15, 0.2) is 51.4 Å². The van der Waals surface area contributed by atoms with Crippen molar-refractivity contribution < 1.29 is 14.6 Å². The van der Waals surface area contributed by atoms with E-state index in [-0.39, 0.29) is 11.5 Å². The summed E-state index contributed by atoms with van der Waals surface area (Å²) in [5, 5.41) is 9.74. The maximum atomic E-state index is 12.1. The fourth-order valence-electron chi connectivity index (χ4n) is 1.76. The number of aromatic hydroxyl groups is 1. The maximum absolute atomic E-state index is 12.1. The van der Waals surface area contributed by atoms with E-state index in [9.17, 15) is 9.90 Å². The highest BCUT2D eigenvalue weighted by atomic mass is 79.9. The van der Waals surface area contributed by atoms with E-state index in [0.29, 0.717) is 15.8 Å². The molecular formula is C16H12Br2O3. The van der Waals surface area contributed by atoms with Gasteiger partial charge in [0.05, 0.1) is 11.6 Å². The van der Waals surface area contributed by atoms with Gasteiger partial charge in [0.25, 0.3) is 0 Å². The number of carbonyl (C=O) groups is 1. The van der Waals surface area contributed by atoms with Gasteiger partial charge in [-0.1, -0.05) is 34.1 Å². The summed E-state index contributed by atoms with van der Waals surface area (Å²) < 4.78 is 6.44. The van der Waals surface area contributed by atoms with Crippen molar-refractivity contribution >= 4 is 43.7 Å². The van der Waals surface area contributed by atoms with Crippen LogP contribution in [0.3, 0.4) is 0 Å². The fraction of sp³-hybridized carbons (Fsp3) is 0.0625. The van der Waals surface area contributed by atoms with Crippen LogP contribution in [0.25, 0.3) is 6.08 Å². The number of ketones is 1. The first-order valence-electron chi connectivity index (χ1n) is 6.05. The second kappa shape index (κ2) is 6.91. The van der Waals surface area contributed by atoms with Gasteiger partial charge in [-0.25, -0.2) is 0 Å². The molecule has 1 N–H and O–H groups in total. The molecule has 0 aliphatic rings. The van der Waals surface area contributed by atoms with Crippen LogP contribution in [-0.2, 0) is 0 Å². The van der Waals surface area contributed by atoms with Gasteiger partial charge in [-0.3, -0.25) is 4.79 Å². The molecule has 0 bridgehead atoms. The summed E-state index contributed by atoms with van der Waals surface area (Å²) in [5.74, 6) is 0.284. The summed E-state index contributed by atoms with van der Waals surface area (Å²) in [6.45, 7) is 0. The van der Waals surface area contributed by atoms with Gasteiger partial charge >= 0.3 is 0 Å². The number of ether oxygens (including phenoxy) is 1. The van der Waals surface area contributed by atoms with E-state index < -0.39 is 0 Å². The zero-order chi connectivity index (χ0) is 15.4. The van der Waals surface area contributed by atoms with Crippen molar-refractivity contribution in [3.05, 3.63) is 62.5 Å². The van der Waals surface area contributed by atoms with Crippen LogP contribution < -0.4 is 4.74 Å². The summed E-state index contributed by atoms with van der Waals surface area (Å²) in [6.07, 6.45) is 3.16. The zero-order valence-electron chi connectivity index (χ0n) is 11.1. The molecule has 21 heavy (non-hydrogen) atoms. The molecule has 0 heterocycles. The fourth-order valence-corrected chi connectivity index (χ4v) is 2.61. The van der Waals surface area contributed by atoms with Gasteiger partial charge < -0.3 is 9.84 Å². The molecule has 0 saturated heterocycles. The van der Waals surface area contributed by atoms with E-state index >= 15 is 0 Å². The Labute approximate surface area is 139 Å². The molecule has 5 heteroatoms. The second-order valence-electron chi connectivity index (χ2n) is 4.26. The van der Waals surface area contributed by atoms with Gasteiger partial charge in [0.15, 0.2) is 17.3 Å². The van der Waals surface area contributed by atoms with E-state index in [2.05, 4.69) is 31.9 Å². The van der Waals surface area contributed by atoms with Gasteiger partial charge in [0, 0.05) is 10.0 Å². The Morgan fingerprint density at radius 2 is 2.00 bits per heavy atom. The molecule has 0 spiro atoms. The van der Waals surface area contributed by atoms with Crippen LogP contribution in [0.1, 0.15) is 15.9 Å². The molecule has 2 aromatic carbocycles. The molecule has 0 aliphatic heterocycles. The molecule has 0 radical (unpaired) electrons. The standard InChI is InChI=1S/C16H12Br2O3/c1-21-15-8-10(7-13(18)16(15)20)5-6-14(19)11-3-2-4-12(17)9-11/h2-9,20H,1H3/b6-5+. The van der Waals surface area contributed by atoms with Crippen LogP contribution in [0.5, 0.6) is 11.5 Å². The molecule has 0 atom stereocenters. The third-order valence-corrected chi connectivity index (χ3v) is 3.90. The molecule has 0 aliphatic carbocycles. The lowest BCUT2D eigenvalue weighted by Gasteiger charge is -2.06. The van der Waals surface area contributed by atoms with Crippen molar-refractivity contribution in [3.8, 4) is 11.5 Å². The molecule has 108 valence electrons. The monoisotopic (exact) mass is 410 g/mol. The normalized spacial score (nSPS) is 10.8. The van der Waals surface area contributed by atoms with Crippen molar-refractivity contribution in [2.45, 2.75) is 0 Å². The number of phenolic OH excluding ortho intramolecular Hbond substituents is 1. The minimum absolute atomic E-state index is 0.0352. The van der Waals surface area contributed by atoms with Crippen molar-refractivity contribution in [2.24, 2.45) is 0 Å². The molecule has 0 fully saturated rings. The molecule has 0 aromatic heterocycles. The number of phenols is 1. The molecule has 0 unspecified atom stereocenters. The Morgan fingerprint density at radius 3 is 2.67 bits per heavy atom. The predicted octanol–water partition coefficient (Wildman–Crippen LogP) is 4.82. The Kier molecular flexibility index (Phi) is 5.20. The van der Waals surface area contributed by atoms with Gasteiger partial charge in [-0.05, 0) is 51.8 Å². The van der Waals surface area contributed by atoms with Crippen LogP contribution in [0.4, 0.5) is 0 Å². The third kappa shape index (κ3) is 3.95. The van der Waals surface area contributed by atoms with Gasteiger partial charge in [-0.15, -0.1) is 0 Å². The molecule has 2 aromatic rings. The number of rotatable bonds is 4. The van der Waals surface area contributed by atoms with Crippen molar-refractivity contribution in [2.75, 3.05) is 7.11 Å². The summed E-state index contributed by atoms with van der Waals surface area (Å²) >= 11 is 6.58.